The maximum atomic E-state index is 12.7. The Kier molecular flexibility index (Phi) is 38.3. The first-order valence-electron chi connectivity index (χ1n) is 22.2. The normalized spacial score (nSPS) is 14.5. The van der Waals surface area contributed by atoms with Gasteiger partial charge in [-0.3, -0.25) is 9.36 Å². The summed E-state index contributed by atoms with van der Waals surface area (Å²) in [6.07, 6.45) is 50.7. The maximum Gasteiger partial charge on any atom is 0.306 e. The lowest BCUT2D eigenvalue weighted by Gasteiger charge is -2.28. The smallest absolute Gasteiger partial charge is 0.306 e. The first-order chi connectivity index (χ1) is 27.1. The highest BCUT2D eigenvalue weighted by molar-refractivity contribution is 7.45. The van der Waals surface area contributed by atoms with E-state index in [1.807, 2.05) is 21.1 Å². The van der Waals surface area contributed by atoms with Gasteiger partial charge in [-0.05, 0) is 57.8 Å². The number of carbonyl (C=O) groups excluding carboxylic acids is 1. The SMILES string of the molecule is CC/C=C\C/C=C\C/C=C\C/C=C\C/C=C\C/C=C\CCCOCC(COP(=O)([O-])OCC[N+](C)(C)C)OC(=O)CCCCCCCCCCCCCCCC. The number of esters is 1. The van der Waals surface area contributed by atoms with Crippen molar-refractivity contribution in [1.82, 2.24) is 0 Å². The number of likely N-dealkylation sites (N-methyl/N-ethyl adjacent to an activating group) is 1. The highest BCUT2D eigenvalue weighted by Crippen LogP contribution is 2.38. The van der Waals surface area contributed by atoms with Crippen LogP contribution in [0, 0.1) is 0 Å². The summed E-state index contributed by atoms with van der Waals surface area (Å²) in [5, 5.41) is 0. The Morgan fingerprint density at radius 2 is 1.02 bits per heavy atom. The molecule has 0 saturated heterocycles. The average Bonchev–Trinajstić information content (AvgIpc) is 3.15. The molecule has 0 spiro atoms. The number of phosphoric ester groups is 1. The van der Waals surface area contributed by atoms with Crippen molar-refractivity contribution in [1.29, 1.82) is 0 Å². The highest BCUT2D eigenvalue weighted by Gasteiger charge is 2.20. The molecule has 0 amide bonds. The monoisotopic (exact) mass is 806 g/mol. The number of rotatable bonds is 40. The molecule has 56 heavy (non-hydrogen) atoms. The van der Waals surface area contributed by atoms with Crippen LogP contribution in [0.5, 0.6) is 0 Å². The van der Waals surface area contributed by atoms with Crippen molar-refractivity contribution >= 4 is 13.8 Å². The second-order valence-corrected chi connectivity index (χ2v) is 17.1. The zero-order chi connectivity index (χ0) is 41.3. The summed E-state index contributed by atoms with van der Waals surface area (Å²) in [6.45, 7) is 5.13. The van der Waals surface area contributed by atoms with E-state index in [1.165, 1.54) is 70.6 Å². The van der Waals surface area contributed by atoms with Crippen LogP contribution < -0.4 is 4.89 Å². The summed E-state index contributed by atoms with van der Waals surface area (Å²) in [6, 6.07) is 0. The van der Waals surface area contributed by atoms with E-state index in [1.54, 1.807) is 0 Å². The van der Waals surface area contributed by atoms with Crippen molar-refractivity contribution in [3.63, 3.8) is 0 Å². The van der Waals surface area contributed by atoms with E-state index >= 15 is 0 Å². The molecule has 9 heteroatoms. The van der Waals surface area contributed by atoms with Crippen LogP contribution in [0.2, 0.25) is 0 Å². The minimum absolute atomic E-state index is 0.0129. The van der Waals surface area contributed by atoms with Gasteiger partial charge < -0.3 is 27.9 Å². The lowest BCUT2D eigenvalue weighted by atomic mass is 10.0. The van der Waals surface area contributed by atoms with Gasteiger partial charge >= 0.3 is 5.97 Å². The summed E-state index contributed by atoms with van der Waals surface area (Å²) in [5.74, 6) is -0.356. The van der Waals surface area contributed by atoms with Crippen molar-refractivity contribution in [3.8, 4) is 0 Å². The van der Waals surface area contributed by atoms with Crippen LogP contribution in [0.25, 0.3) is 0 Å². The molecule has 0 rings (SSSR count). The zero-order valence-corrected chi connectivity index (χ0v) is 37.5. The largest absolute Gasteiger partial charge is 0.756 e. The Bertz CT molecular complexity index is 1120. The van der Waals surface area contributed by atoms with Crippen molar-refractivity contribution < 1.29 is 37.3 Å². The van der Waals surface area contributed by atoms with Crippen LogP contribution in [0.1, 0.15) is 162 Å². The van der Waals surface area contributed by atoms with E-state index in [2.05, 4.69) is 86.8 Å². The number of quaternary nitrogens is 1. The summed E-state index contributed by atoms with van der Waals surface area (Å²) in [7, 11) is 1.31. The van der Waals surface area contributed by atoms with Crippen molar-refractivity contribution in [2.45, 2.75) is 168 Å². The molecule has 2 unspecified atom stereocenters. The van der Waals surface area contributed by atoms with Gasteiger partial charge in [-0.15, -0.1) is 0 Å². The van der Waals surface area contributed by atoms with Gasteiger partial charge in [0.05, 0.1) is 34.4 Å². The number of nitrogens with zero attached hydrogens (tertiary/aromatic N) is 1. The minimum atomic E-state index is -4.54. The van der Waals surface area contributed by atoms with E-state index in [-0.39, 0.29) is 25.8 Å². The first kappa shape index (κ1) is 53.9. The van der Waals surface area contributed by atoms with Gasteiger partial charge in [0, 0.05) is 13.0 Å². The Balaban J connectivity index is 4.35. The third-order valence-electron chi connectivity index (χ3n) is 9.02. The third kappa shape index (κ3) is 43.1. The molecule has 2 atom stereocenters. The minimum Gasteiger partial charge on any atom is -0.756 e. The predicted octanol–water partition coefficient (Wildman–Crippen LogP) is 12.5. The molecule has 0 aliphatic rings. The molecular formula is C47H84NO7P. The molecule has 324 valence electrons. The van der Waals surface area contributed by atoms with Crippen molar-refractivity contribution in [2.24, 2.45) is 0 Å². The Morgan fingerprint density at radius 1 is 0.571 bits per heavy atom. The molecule has 0 bridgehead atoms. The molecule has 0 aliphatic carbocycles. The molecule has 0 aromatic rings. The van der Waals surface area contributed by atoms with E-state index in [9.17, 15) is 14.3 Å². The quantitative estimate of drug-likeness (QED) is 0.0200. The maximum absolute atomic E-state index is 12.7. The number of hydrogen-bond donors (Lipinski definition) is 0. The van der Waals surface area contributed by atoms with Crippen LogP contribution in [0.4, 0.5) is 0 Å². The van der Waals surface area contributed by atoms with E-state index in [4.69, 9.17) is 18.5 Å². The molecule has 0 radical (unpaired) electrons. The van der Waals surface area contributed by atoms with Gasteiger partial charge in [-0.1, -0.05) is 170 Å². The van der Waals surface area contributed by atoms with Gasteiger partial charge in [-0.2, -0.15) is 0 Å². The predicted molar refractivity (Wildman–Crippen MR) is 235 cm³/mol. The molecule has 0 fully saturated rings. The fourth-order valence-electron chi connectivity index (χ4n) is 5.62. The summed E-state index contributed by atoms with van der Waals surface area (Å²) in [5.41, 5.74) is 0. The molecular weight excluding hydrogens is 721 g/mol. The number of unbranched alkanes of at least 4 members (excludes halogenated alkanes) is 14. The molecule has 8 nitrogen and oxygen atoms in total. The highest BCUT2D eigenvalue weighted by atomic mass is 31.2. The first-order valence-corrected chi connectivity index (χ1v) is 23.6. The Morgan fingerprint density at radius 3 is 1.48 bits per heavy atom. The lowest BCUT2D eigenvalue weighted by Crippen LogP contribution is -2.37. The van der Waals surface area contributed by atoms with Gasteiger partial charge in [0.2, 0.25) is 0 Å². The standard InChI is InChI=1S/C47H84NO7P/c1-6-8-10-12-14-16-18-20-22-23-24-25-26-27-29-31-33-35-37-39-42-52-44-46(45-54-56(50,51)53-43-41-48(3,4)5)55-47(49)40-38-36-34-32-30-28-21-19-17-15-13-11-9-7-2/h8,10,14,16,20,22,24-25,27,29,33,35,46H,6-7,9,11-13,15,17-19,21,23,26,28,30-32,34,36-45H2,1-5H3/b10-8-,16-14-,22-20-,25-24-,29-27-,35-33-. The topological polar surface area (TPSA) is 94.1 Å². The Labute approximate surface area is 344 Å². The van der Waals surface area contributed by atoms with Crippen molar-refractivity contribution in [2.75, 3.05) is 54.1 Å². The number of phosphoric acid groups is 1. The second-order valence-electron chi connectivity index (χ2n) is 15.7. The fourth-order valence-corrected chi connectivity index (χ4v) is 6.35. The van der Waals surface area contributed by atoms with Crippen LogP contribution in [0.15, 0.2) is 72.9 Å². The molecule has 0 N–H and O–H groups in total. The van der Waals surface area contributed by atoms with Gasteiger partial charge in [0.25, 0.3) is 7.82 Å². The number of ether oxygens (including phenoxy) is 2. The zero-order valence-electron chi connectivity index (χ0n) is 36.6. The molecule has 0 aromatic carbocycles. The summed E-state index contributed by atoms with van der Waals surface area (Å²) >= 11 is 0. The molecule has 0 aliphatic heterocycles. The van der Waals surface area contributed by atoms with E-state index in [0.717, 1.165) is 70.6 Å². The van der Waals surface area contributed by atoms with Crippen LogP contribution in [0.3, 0.4) is 0 Å². The summed E-state index contributed by atoms with van der Waals surface area (Å²) in [4.78, 5) is 25.0. The van der Waals surface area contributed by atoms with Crippen LogP contribution in [-0.4, -0.2) is 70.7 Å². The molecule has 0 saturated carbocycles. The molecule has 0 heterocycles. The third-order valence-corrected chi connectivity index (χ3v) is 9.99. The van der Waals surface area contributed by atoms with E-state index in [0.29, 0.717) is 24.1 Å². The number of carbonyl (C=O) groups is 1. The van der Waals surface area contributed by atoms with Crippen LogP contribution >= 0.6 is 7.82 Å². The van der Waals surface area contributed by atoms with Crippen molar-refractivity contribution in [3.05, 3.63) is 72.9 Å². The van der Waals surface area contributed by atoms with E-state index < -0.39 is 13.9 Å². The number of hydrogen-bond acceptors (Lipinski definition) is 7. The lowest BCUT2D eigenvalue weighted by molar-refractivity contribution is -0.870. The van der Waals surface area contributed by atoms with Gasteiger partial charge in [0.1, 0.15) is 19.3 Å². The fraction of sp³-hybridized carbons (Fsp3) is 0.723. The Hall–Kier alpha value is -2.06. The summed E-state index contributed by atoms with van der Waals surface area (Å²) < 4.78 is 34.5. The van der Waals surface area contributed by atoms with Gasteiger partial charge in [-0.25, -0.2) is 0 Å². The van der Waals surface area contributed by atoms with Crippen LogP contribution in [-0.2, 0) is 27.9 Å². The average molecular weight is 806 g/mol. The molecule has 0 aromatic heterocycles. The number of allylic oxidation sites excluding steroid dienone is 12. The second kappa shape index (κ2) is 39.8. The van der Waals surface area contributed by atoms with Gasteiger partial charge in [0.15, 0.2) is 0 Å².